The van der Waals surface area contributed by atoms with Gasteiger partial charge in [-0.1, -0.05) is 11.6 Å². The molecule has 2 aliphatic rings. The summed E-state index contributed by atoms with van der Waals surface area (Å²) in [6, 6.07) is 0. The number of isocyanates is 1. The molecule has 0 aromatic heterocycles. The highest BCUT2D eigenvalue weighted by atomic mass is 35.5. The van der Waals surface area contributed by atoms with Gasteiger partial charge in [-0.2, -0.15) is 4.99 Å². The third kappa shape index (κ3) is 1.00. The molecule has 2 saturated heterocycles. The molecule has 0 radical (unpaired) electrons. The SMILES string of the molecule is O=C=NC1(Cl)CC2CCC1O2. The lowest BCUT2D eigenvalue weighted by Crippen LogP contribution is -2.31. The van der Waals surface area contributed by atoms with Crippen LogP contribution in [0.3, 0.4) is 0 Å². The Labute approximate surface area is 69.4 Å². The zero-order valence-electron chi connectivity index (χ0n) is 5.92. The maximum Gasteiger partial charge on any atom is 0.236 e. The first-order chi connectivity index (χ1) is 5.24. The number of ether oxygens (including phenoxy) is 1. The molecule has 0 N–H and O–H groups in total. The van der Waals surface area contributed by atoms with Gasteiger partial charge in [-0.15, -0.1) is 0 Å². The van der Waals surface area contributed by atoms with E-state index in [1.54, 1.807) is 0 Å². The molecule has 2 aliphatic heterocycles. The highest BCUT2D eigenvalue weighted by molar-refractivity contribution is 6.24. The van der Waals surface area contributed by atoms with Crippen LogP contribution in [0.1, 0.15) is 19.3 Å². The lowest BCUT2D eigenvalue weighted by atomic mass is 9.95. The first kappa shape index (κ1) is 7.29. The van der Waals surface area contributed by atoms with Gasteiger partial charge in [-0.05, 0) is 12.8 Å². The van der Waals surface area contributed by atoms with Crippen molar-refractivity contribution in [3.05, 3.63) is 0 Å². The zero-order chi connectivity index (χ0) is 7.90. The summed E-state index contributed by atoms with van der Waals surface area (Å²) >= 11 is 6.01. The van der Waals surface area contributed by atoms with E-state index in [0.29, 0.717) is 6.42 Å². The molecule has 11 heavy (non-hydrogen) atoms. The van der Waals surface area contributed by atoms with Crippen LogP contribution in [0.5, 0.6) is 0 Å². The van der Waals surface area contributed by atoms with E-state index in [2.05, 4.69) is 4.99 Å². The van der Waals surface area contributed by atoms with E-state index in [-0.39, 0.29) is 12.2 Å². The number of hydrogen-bond acceptors (Lipinski definition) is 3. The van der Waals surface area contributed by atoms with Crippen molar-refractivity contribution in [2.75, 3.05) is 0 Å². The fraction of sp³-hybridized carbons (Fsp3) is 0.857. The van der Waals surface area contributed by atoms with Gasteiger partial charge in [-0.25, -0.2) is 4.79 Å². The minimum Gasteiger partial charge on any atom is -0.371 e. The topological polar surface area (TPSA) is 38.7 Å². The van der Waals surface area contributed by atoms with E-state index in [1.807, 2.05) is 0 Å². The predicted octanol–water partition coefficient (Wildman–Crippen LogP) is 1.21. The Hall–Kier alpha value is -0.370. The lowest BCUT2D eigenvalue weighted by molar-refractivity contribution is 0.0973. The quantitative estimate of drug-likeness (QED) is 0.259. The fourth-order valence-electron chi connectivity index (χ4n) is 1.83. The van der Waals surface area contributed by atoms with E-state index in [4.69, 9.17) is 16.3 Å². The molecule has 0 aliphatic carbocycles. The fourth-order valence-corrected chi connectivity index (χ4v) is 2.19. The summed E-state index contributed by atoms with van der Waals surface area (Å²) in [6.45, 7) is 0. The van der Waals surface area contributed by atoms with Gasteiger partial charge in [0.15, 0.2) is 5.00 Å². The molecule has 3 unspecified atom stereocenters. The summed E-state index contributed by atoms with van der Waals surface area (Å²) in [5, 5.41) is 0. The Bertz CT molecular complexity index is 226. The summed E-state index contributed by atoms with van der Waals surface area (Å²) in [5.74, 6) is 0. The molecule has 3 nitrogen and oxygen atoms in total. The molecule has 0 aromatic carbocycles. The smallest absolute Gasteiger partial charge is 0.236 e. The number of carbonyl (C=O) groups excluding carboxylic acids is 1. The van der Waals surface area contributed by atoms with Crippen molar-refractivity contribution in [2.45, 2.75) is 36.5 Å². The van der Waals surface area contributed by atoms with E-state index in [1.165, 1.54) is 6.08 Å². The summed E-state index contributed by atoms with van der Waals surface area (Å²) in [4.78, 5) is 12.8. The van der Waals surface area contributed by atoms with Crippen LogP contribution in [-0.2, 0) is 9.53 Å². The predicted molar refractivity (Wildman–Crippen MR) is 39.2 cm³/mol. The lowest BCUT2D eigenvalue weighted by Gasteiger charge is -2.21. The van der Waals surface area contributed by atoms with Crippen LogP contribution in [0, 0.1) is 0 Å². The van der Waals surface area contributed by atoms with Crippen LogP contribution in [-0.4, -0.2) is 23.3 Å². The molecule has 3 atom stereocenters. The van der Waals surface area contributed by atoms with Gasteiger partial charge in [0.2, 0.25) is 6.08 Å². The van der Waals surface area contributed by atoms with Gasteiger partial charge in [0.1, 0.15) is 0 Å². The largest absolute Gasteiger partial charge is 0.371 e. The van der Waals surface area contributed by atoms with Crippen LogP contribution in [0.25, 0.3) is 0 Å². The normalized spacial score (nSPS) is 47.4. The van der Waals surface area contributed by atoms with Crippen LogP contribution < -0.4 is 0 Å². The molecule has 4 heteroatoms. The van der Waals surface area contributed by atoms with Crippen molar-refractivity contribution in [1.82, 2.24) is 0 Å². The van der Waals surface area contributed by atoms with Gasteiger partial charge in [0, 0.05) is 6.42 Å². The Morgan fingerprint density at radius 2 is 2.45 bits per heavy atom. The van der Waals surface area contributed by atoms with E-state index < -0.39 is 5.00 Å². The van der Waals surface area contributed by atoms with Gasteiger partial charge in [-0.3, -0.25) is 0 Å². The number of fused-ring (bicyclic) bond motifs is 2. The van der Waals surface area contributed by atoms with Gasteiger partial charge in [0.05, 0.1) is 12.2 Å². The molecule has 2 bridgehead atoms. The molecule has 2 fully saturated rings. The average Bonchev–Trinajstić information content (AvgIpc) is 2.45. The Morgan fingerprint density at radius 1 is 1.64 bits per heavy atom. The molecule has 0 saturated carbocycles. The summed E-state index contributed by atoms with van der Waals surface area (Å²) < 4.78 is 5.44. The van der Waals surface area contributed by atoms with Crippen LogP contribution in [0.2, 0.25) is 0 Å². The molecule has 60 valence electrons. The highest BCUT2D eigenvalue weighted by Gasteiger charge is 2.51. The molecule has 0 aromatic rings. The zero-order valence-corrected chi connectivity index (χ0v) is 6.67. The van der Waals surface area contributed by atoms with Crippen LogP contribution >= 0.6 is 11.6 Å². The van der Waals surface area contributed by atoms with E-state index in [0.717, 1.165) is 12.8 Å². The second kappa shape index (κ2) is 2.31. The highest BCUT2D eigenvalue weighted by Crippen LogP contribution is 2.46. The Balaban J connectivity index is 2.22. The summed E-state index contributed by atoms with van der Waals surface area (Å²) in [5.41, 5.74) is 0. The average molecular weight is 174 g/mol. The number of aliphatic imine (C=N–C) groups is 1. The number of nitrogens with zero attached hydrogens (tertiary/aromatic N) is 1. The molecular formula is C7H8ClNO2. The summed E-state index contributed by atoms with van der Waals surface area (Å²) in [7, 11) is 0. The van der Waals surface area contributed by atoms with E-state index >= 15 is 0 Å². The van der Waals surface area contributed by atoms with E-state index in [9.17, 15) is 4.79 Å². The maximum atomic E-state index is 10.0. The monoisotopic (exact) mass is 173 g/mol. The van der Waals surface area contributed by atoms with Crippen molar-refractivity contribution in [1.29, 1.82) is 0 Å². The third-order valence-corrected chi connectivity index (χ3v) is 2.83. The van der Waals surface area contributed by atoms with Crippen LogP contribution in [0.15, 0.2) is 4.99 Å². The van der Waals surface area contributed by atoms with Crippen molar-refractivity contribution < 1.29 is 9.53 Å². The van der Waals surface area contributed by atoms with Crippen molar-refractivity contribution in [2.24, 2.45) is 4.99 Å². The molecule has 0 amide bonds. The third-order valence-electron chi connectivity index (χ3n) is 2.35. The second-order valence-corrected chi connectivity index (χ2v) is 3.70. The number of halogens is 1. The molecule has 2 heterocycles. The van der Waals surface area contributed by atoms with Crippen molar-refractivity contribution in [3.8, 4) is 0 Å². The maximum absolute atomic E-state index is 10.0. The Kier molecular flexibility index (Phi) is 1.53. The number of rotatable bonds is 1. The van der Waals surface area contributed by atoms with Gasteiger partial charge < -0.3 is 4.74 Å². The number of alkyl halides is 1. The summed E-state index contributed by atoms with van der Waals surface area (Å²) in [6.07, 6.45) is 4.28. The molecular weight excluding hydrogens is 166 g/mol. The Morgan fingerprint density at radius 3 is 2.91 bits per heavy atom. The minimum atomic E-state index is -0.787. The van der Waals surface area contributed by atoms with Crippen molar-refractivity contribution in [3.63, 3.8) is 0 Å². The second-order valence-electron chi connectivity index (χ2n) is 3.05. The first-order valence-corrected chi connectivity index (χ1v) is 4.06. The van der Waals surface area contributed by atoms with Crippen LogP contribution in [0.4, 0.5) is 0 Å². The molecule has 0 spiro atoms. The molecule has 2 rings (SSSR count). The minimum absolute atomic E-state index is 0.0596. The standard InChI is InChI=1S/C7H8ClNO2/c8-7(9-4-10)3-5-1-2-6(7)11-5/h5-6H,1-3H2. The van der Waals surface area contributed by atoms with Gasteiger partial charge >= 0.3 is 0 Å². The van der Waals surface area contributed by atoms with Crippen molar-refractivity contribution >= 4 is 17.7 Å². The van der Waals surface area contributed by atoms with Gasteiger partial charge in [0.25, 0.3) is 0 Å². The first-order valence-electron chi connectivity index (χ1n) is 3.68. The number of hydrogen-bond donors (Lipinski definition) is 0.